The molecule has 0 radical (unpaired) electrons. The van der Waals surface area contributed by atoms with Gasteiger partial charge in [-0.2, -0.15) is 0 Å². The molecule has 1 unspecified atom stereocenters. The van der Waals surface area contributed by atoms with E-state index >= 15 is 0 Å². The lowest BCUT2D eigenvalue weighted by molar-refractivity contribution is 0.164. The van der Waals surface area contributed by atoms with Crippen LogP contribution in [0.15, 0.2) is 54.9 Å². The van der Waals surface area contributed by atoms with E-state index in [1.165, 1.54) is 10.8 Å². The van der Waals surface area contributed by atoms with Crippen molar-refractivity contribution >= 4 is 10.8 Å². The molecular weight excluding hydrogens is 248 g/mol. The Labute approximate surface area is 118 Å². The summed E-state index contributed by atoms with van der Waals surface area (Å²) in [7, 11) is 0. The number of hydrogen-bond acceptors (Lipinski definition) is 2. The monoisotopic (exact) mass is 266 g/mol. The topological polar surface area (TPSA) is 38.0 Å². The minimum absolute atomic E-state index is 0.573. The molecule has 0 aliphatic rings. The SMILES string of the molecule is CCn1ccnc1C(O)Cc1cccc2ccccc12. The molecule has 2 aromatic carbocycles. The van der Waals surface area contributed by atoms with Crippen LogP contribution in [0.25, 0.3) is 10.8 Å². The van der Waals surface area contributed by atoms with Crippen LogP contribution in [0.2, 0.25) is 0 Å². The van der Waals surface area contributed by atoms with Gasteiger partial charge >= 0.3 is 0 Å². The molecule has 0 fully saturated rings. The molecule has 20 heavy (non-hydrogen) atoms. The Balaban J connectivity index is 1.93. The highest BCUT2D eigenvalue weighted by Gasteiger charge is 2.15. The van der Waals surface area contributed by atoms with Crippen molar-refractivity contribution in [1.82, 2.24) is 9.55 Å². The summed E-state index contributed by atoms with van der Waals surface area (Å²) in [5.74, 6) is 0.737. The minimum atomic E-state index is -0.573. The van der Waals surface area contributed by atoms with Gasteiger partial charge in [-0.1, -0.05) is 42.5 Å². The van der Waals surface area contributed by atoms with Gasteiger partial charge in [-0.25, -0.2) is 4.98 Å². The number of fused-ring (bicyclic) bond motifs is 1. The summed E-state index contributed by atoms with van der Waals surface area (Å²) in [6.45, 7) is 2.87. The molecule has 0 amide bonds. The zero-order valence-corrected chi connectivity index (χ0v) is 11.5. The smallest absolute Gasteiger partial charge is 0.137 e. The summed E-state index contributed by atoms with van der Waals surface area (Å²) in [5.41, 5.74) is 1.15. The largest absolute Gasteiger partial charge is 0.385 e. The van der Waals surface area contributed by atoms with Gasteiger partial charge in [-0.05, 0) is 23.3 Å². The van der Waals surface area contributed by atoms with E-state index in [0.29, 0.717) is 6.42 Å². The number of rotatable bonds is 4. The first-order valence-electron chi connectivity index (χ1n) is 6.95. The van der Waals surface area contributed by atoms with Gasteiger partial charge in [0.05, 0.1) is 0 Å². The van der Waals surface area contributed by atoms with Gasteiger partial charge in [0.1, 0.15) is 11.9 Å². The summed E-state index contributed by atoms with van der Waals surface area (Å²) in [4.78, 5) is 4.28. The summed E-state index contributed by atoms with van der Waals surface area (Å²) in [5, 5.41) is 12.9. The van der Waals surface area contributed by atoms with Crippen molar-refractivity contribution < 1.29 is 5.11 Å². The molecule has 3 aromatic rings. The number of benzene rings is 2. The van der Waals surface area contributed by atoms with Gasteiger partial charge < -0.3 is 9.67 Å². The molecule has 0 saturated carbocycles. The Morgan fingerprint density at radius 2 is 1.95 bits per heavy atom. The Morgan fingerprint density at radius 3 is 2.80 bits per heavy atom. The fourth-order valence-electron chi connectivity index (χ4n) is 2.66. The normalized spacial score (nSPS) is 12.7. The number of aromatic nitrogens is 2. The van der Waals surface area contributed by atoms with Crippen molar-refractivity contribution in [2.45, 2.75) is 26.0 Å². The maximum atomic E-state index is 10.5. The van der Waals surface area contributed by atoms with Gasteiger partial charge in [-0.3, -0.25) is 0 Å². The average molecular weight is 266 g/mol. The summed E-state index contributed by atoms with van der Waals surface area (Å²) < 4.78 is 1.98. The van der Waals surface area contributed by atoms with Crippen LogP contribution in [0.5, 0.6) is 0 Å². The Morgan fingerprint density at radius 1 is 1.15 bits per heavy atom. The van der Waals surface area contributed by atoms with Gasteiger partial charge in [0.2, 0.25) is 0 Å². The van der Waals surface area contributed by atoms with Crippen LogP contribution in [0, 0.1) is 0 Å². The number of aliphatic hydroxyl groups excluding tert-OH is 1. The van der Waals surface area contributed by atoms with Crippen LogP contribution in [0.4, 0.5) is 0 Å². The van der Waals surface area contributed by atoms with Crippen LogP contribution >= 0.6 is 0 Å². The van der Waals surface area contributed by atoms with Crippen LogP contribution in [0.1, 0.15) is 24.4 Å². The number of nitrogens with zero attached hydrogens (tertiary/aromatic N) is 2. The number of hydrogen-bond donors (Lipinski definition) is 1. The van der Waals surface area contributed by atoms with Crippen molar-refractivity contribution in [3.05, 3.63) is 66.2 Å². The maximum Gasteiger partial charge on any atom is 0.137 e. The van der Waals surface area contributed by atoms with Crippen LogP contribution in [0.3, 0.4) is 0 Å². The molecule has 1 N–H and O–H groups in total. The lowest BCUT2D eigenvalue weighted by atomic mass is 9.99. The zero-order valence-electron chi connectivity index (χ0n) is 11.5. The zero-order chi connectivity index (χ0) is 13.9. The highest BCUT2D eigenvalue weighted by Crippen LogP contribution is 2.24. The van der Waals surface area contributed by atoms with Crippen molar-refractivity contribution in [3.8, 4) is 0 Å². The molecule has 1 aromatic heterocycles. The van der Waals surface area contributed by atoms with E-state index in [2.05, 4.69) is 36.2 Å². The third kappa shape index (κ3) is 2.32. The number of aryl methyl sites for hydroxylation is 1. The second kappa shape index (κ2) is 5.47. The number of aliphatic hydroxyl groups is 1. The second-order valence-electron chi connectivity index (χ2n) is 4.93. The molecule has 0 saturated heterocycles. The molecule has 1 heterocycles. The minimum Gasteiger partial charge on any atom is -0.385 e. The molecule has 3 nitrogen and oxygen atoms in total. The summed E-state index contributed by atoms with van der Waals surface area (Å²) in [6.07, 6.45) is 3.65. The summed E-state index contributed by atoms with van der Waals surface area (Å²) >= 11 is 0. The quantitative estimate of drug-likeness (QED) is 0.786. The first-order valence-corrected chi connectivity index (χ1v) is 6.95. The Hall–Kier alpha value is -2.13. The van der Waals surface area contributed by atoms with E-state index in [4.69, 9.17) is 0 Å². The second-order valence-corrected chi connectivity index (χ2v) is 4.93. The van der Waals surface area contributed by atoms with E-state index in [9.17, 15) is 5.11 Å². The molecule has 0 bridgehead atoms. The van der Waals surface area contributed by atoms with Gasteiger partial charge in [-0.15, -0.1) is 0 Å². The predicted molar refractivity (Wildman–Crippen MR) is 80.5 cm³/mol. The van der Waals surface area contributed by atoms with Crippen LogP contribution in [-0.2, 0) is 13.0 Å². The standard InChI is InChI=1S/C17H18N2O/c1-2-19-11-10-18-17(19)16(20)12-14-8-5-7-13-6-3-4-9-15(13)14/h3-11,16,20H,2,12H2,1H3. The third-order valence-electron chi connectivity index (χ3n) is 3.68. The van der Waals surface area contributed by atoms with Crippen LogP contribution in [-0.4, -0.2) is 14.7 Å². The van der Waals surface area contributed by atoms with Crippen molar-refractivity contribution in [1.29, 1.82) is 0 Å². The molecule has 1 atom stereocenters. The summed E-state index contributed by atoms with van der Waals surface area (Å²) in [6, 6.07) is 14.5. The van der Waals surface area contributed by atoms with Gasteiger partial charge in [0, 0.05) is 25.4 Å². The lowest BCUT2D eigenvalue weighted by Gasteiger charge is -2.13. The fourth-order valence-corrected chi connectivity index (χ4v) is 2.66. The molecule has 0 spiro atoms. The van der Waals surface area contributed by atoms with E-state index in [-0.39, 0.29) is 0 Å². The molecule has 3 rings (SSSR count). The van der Waals surface area contributed by atoms with Crippen molar-refractivity contribution in [2.75, 3.05) is 0 Å². The Kier molecular flexibility index (Phi) is 3.52. The molecular formula is C17H18N2O. The van der Waals surface area contributed by atoms with E-state index in [0.717, 1.165) is 17.9 Å². The van der Waals surface area contributed by atoms with Gasteiger partial charge in [0.25, 0.3) is 0 Å². The van der Waals surface area contributed by atoms with Gasteiger partial charge in [0.15, 0.2) is 0 Å². The van der Waals surface area contributed by atoms with E-state index in [1.807, 2.05) is 29.0 Å². The Bertz CT molecular complexity index is 712. The first kappa shape index (κ1) is 12.9. The van der Waals surface area contributed by atoms with Crippen molar-refractivity contribution in [2.24, 2.45) is 0 Å². The predicted octanol–water partition coefficient (Wildman–Crippen LogP) is 3.33. The van der Waals surface area contributed by atoms with Crippen LogP contribution < -0.4 is 0 Å². The lowest BCUT2D eigenvalue weighted by Crippen LogP contribution is -2.10. The highest BCUT2D eigenvalue weighted by atomic mass is 16.3. The van der Waals surface area contributed by atoms with Crippen molar-refractivity contribution in [3.63, 3.8) is 0 Å². The molecule has 0 aliphatic heterocycles. The average Bonchev–Trinajstić information content (AvgIpc) is 2.96. The molecule has 0 aliphatic carbocycles. The third-order valence-corrected chi connectivity index (χ3v) is 3.68. The number of imidazole rings is 1. The molecule has 3 heteroatoms. The van der Waals surface area contributed by atoms with E-state index in [1.54, 1.807) is 6.20 Å². The fraction of sp³-hybridized carbons (Fsp3) is 0.235. The maximum absolute atomic E-state index is 10.5. The highest BCUT2D eigenvalue weighted by molar-refractivity contribution is 5.85. The molecule has 102 valence electrons. The van der Waals surface area contributed by atoms with E-state index < -0.39 is 6.10 Å². The first-order chi connectivity index (χ1) is 9.79.